The second-order valence-corrected chi connectivity index (χ2v) is 5.43. The molecule has 0 bridgehead atoms. The van der Waals surface area contributed by atoms with Crippen molar-refractivity contribution < 1.29 is 4.79 Å². The standard InChI is InChI=1S/C20H15NO/c1-21-20(22)19-8-4-7-15-17-10-9-13-5-2-3-6-14(13)16(17)11-12-18(15)19/h2-12H,1H3,(H,21,22). The molecule has 4 aromatic rings. The zero-order chi connectivity index (χ0) is 15.1. The fraction of sp³-hybridized carbons (Fsp3) is 0.0500. The quantitative estimate of drug-likeness (QED) is 0.512. The molecule has 0 saturated carbocycles. The number of nitrogens with one attached hydrogen (secondary N) is 1. The molecule has 0 fully saturated rings. The predicted molar refractivity (Wildman–Crippen MR) is 92.4 cm³/mol. The van der Waals surface area contributed by atoms with Crippen LogP contribution >= 0.6 is 0 Å². The van der Waals surface area contributed by atoms with Crippen molar-refractivity contribution in [3.8, 4) is 0 Å². The van der Waals surface area contributed by atoms with Gasteiger partial charge in [0.25, 0.3) is 5.91 Å². The summed E-state index contributed by atoms with van der Waals surface area (Å²) in [7, 11) is 1.66. The van der Waals surface area contributed by atoms with E-state index in [0.29, 0.717) is 0 Å². The Hall–Kier alpha value is -2.87. The molecule has 22 heavy (non-hydrogen) atoms. The molecule has 0 saturated heterocycles. The second kappa shape index (κ2) is 4.85. The molecule has 0 aliphatic rings. The van der Waals surface area contributed by atoms with Gasteiger partial charge in [0.15, 0.2) is 0 Å². The van der Waals surface area contributed by atoms with Crippen molar-refractivity contribution in [1.82, 2.24) is 5.32 Å². The first-order valence-corrected chi connectivity index (χ1v) is 7.35. The summed E-state index contributed by atoms with van der Waals surface area (Å²) in [5.41, 5.74) is 0.718. The lowest BCUT2D eigenvalue weighted by atomic mass is 9.95. The highest BCUT2D eigenvalue weighted by Gasteiger charge is 2.10. The average molecular weight is 285 g/mol. The fourth-order valence-electron chi connectivity index (χ4n) is 3.19. The summed E-state index contributed by atoms with van der Waals surface area (Å²) in [6.07, 6.45) is 0. The third-order valence-electron chi connectivity index (χ3n) is 4.26. The predicted octanol–water partition coefficient (Wildman–Crippen LogP) is 4.51. The maximum Gasteiger partial charge on any atom is 0.251 e. The second-order valence-electron chi connectivity index (χ2n) is 5.43. The molecule has 2 heteroatoms. The highest BCUT2D eigenvalue weighted by atomic mass is 16.1. The summed E-state index contributed by atoms with van der Waals surface area (Å²) in [5, 5.41) is 9.70. The van der Waals surface area contributed by atoms with Gasteiger partial charge in [-0.2, -0.15) is 0 Å². The van der Waals surface area contributed by atoms with E-state index in [4.69, 9.17) is 0 Å². The van der Waals surface area contributed by atoms with E-state index in [9.17, 15) is 4.79 Å². The number of amides is 1. The molecule has 0 aliphatic heterocycles. The summed E-state index contributed by atoms with van der Waals surface area (Å²) in [4.78, 5) is 12.1. The van der Waals surface area contributed by atoms with Gasteiger partial charge in [-0.1, -0.05) is 60.7 Å². The van der Waals surface area contributed by atoms with E-state index in [1.54, 1.807) is 7.05 Å². The Morgan fingerprint density at radius 1 is 0.682 bits per heavy atom. The number of carbonyl (C=O) groups excluding carboxylic acids is 1. The molecular weight excluding hydrogens is 270 g/mol. The highest BCUT2D eigenvalue weighted by Crippen LogP contribution is 2.32. The average Bonchev–Trinajstić information content (AvgIpc) is 2.59. The molecule has 0 aliphatic carbocycles. The van der Waals surface area contributed by atoms with Crippen molar-refractivity contribution in [3.05, 3.63) is 72.3 Å². The third-order valence-corrected chi connectivity index (χ3v) is 4.26. The third kappa shape index (κ3) is 1.77. The van der Waals surface area contributed by atoms with Gasteiger partial charge >= 0.3 is 0 Å². The molecule has 106 valence electrons. The molecule has 0 aromatic heterocycles. The fourth-order valence-corrected chi connectivity index (χ4v) is 3.19. The van der Waals surface area contributed by atoms with E-state index in [1.165, 1.54) is 21.5 Å². The van der Waals surface area contributed by atoms with Gasteiger partial charge in [-0.15, -0.1) is 0 Å². The smallest absolute Gasteiger partial charge is 0.251 e. The minimum atomic E-state index is -0.0502. The van der Waals surface area contributed by atoms with Crippen LogP contribution < -0.4 is 5.32 Å². The van der Waals surface area contributed by atoms with Crippen LogP contribution in [0.3, 0.4) is 0 Å². The van der Waals surface area contributed by atoms with Gasteiger partial charge in [0.05, 0.1) is 0 Å². The summed E-state index contributed by atoms with van der Waals surface area (Å²) in [6.45, 7) is 0. The molecule has 2 nitrogen and oxygen atoms in total. The maximum atomic E-state index is 12.1. The van der Waals surface area contributed by atoms with Crippen LogP contribution in [0.4, 0.5) is 0 Å². The first kappa shape index (κ1) is 12.8. The van der Waals surface area contributed by atoms with Crippen molar-refractivity contribution in [1.29, 1.82) is 0 Å². The van der Waals surface area contributed by atoms with Crippen LogP contribution in [0.15, 0.2) is 66.7 Å². The van der Waals surface area contributed by atoms with E-state index >= 15 is 0 Å². The van der Waals surface area contributed by atoms with Crippen molar-refractivity contribution in [2.24, 2.45) is 0 Å². The summed E-state index contributed by atoms with van der Waals surface area (Å²) >= 11 is 0. The molecule has 0 heterocycles. The zero-order valence-electron chi connectivity index (χ0n) is 12.3. The molecule has 0 radical (unpaired) electrons. The normalized spacial score (nSPS) is 11.1. The minimum absolute atomic E-state index is 0.0502. The number of hydrogen-bond acceptors (Lipinski definition) is 1. The van der Waals surface area contributed by atoms with Crippen LogP contribution in [0.5, 0.6) is 0 Å². The van der Waals surface area contributed by atoms with Crippen molar-refractivity contribution in [2.45, 2.75) is 0 Å². The monoisotopic (exact) mass is 285 g/mol. The summed E-state index contributed by atoms with van der Waals surface area (Å²) in [5.74, 6) is -0.0502. The Morgan fingerprint density at radius 3 is 2.18 bits per heavy atom. The number of rotatable bonds is 1. The van der Waals surface area contributed by atoms with Crippen LogP contribution in [0, 0.1) is 0 Å². The molecule has 1 amide bonds. The maximum absolute atomic E-state index is 12.1. The molecule has 0 spiro atoms. The van der Waals surface area contributed by atoms with Crippen molar-refractivity contribution in [3.63, 3.8) is 0 Å². The first-order valence-electron chi connectivity index (χ1n) is 7.35. The number of hydrogen-bond donors (Lipinski definition) is 1. The zero-order valence-corrected chi connectivity index (χ0v) is 12.3. The van der Waals surface area contributed by atoms with Crippen LogP contribution in [-0.4, -0.2) is 13.0 Å². The topological polar surface area (TPSA) is 29.1 Å². The molecule has 0 unspecified atom stereocenters. The van der Waals surface area contributed by atoms with Gasteiger partial charge in [-0.3, -0.25) is 4.79 Å². The Labute approximate surface area is 128 Å². The van der Waals surface area contributed by atoms with E-state index in [2.05, 4.69) is 59.9 Å². The SMILES string of the molecule is CNC(=O)c1cccc2c1ccc1c3ccccc3ccc21. The number of benzene rings is 4. The van der Waals surface area contributed by atoms with Crippen LogP contribution in [-0.2, 0) is 0 Å². The van der Waals surface area contributed by atoms with Crippen LogP contribution in [0.2, 0.25) is 0 Å². The van der Waals surface area contributed by atoms with Gasteiger partial charge < -0.3 is 5.32 Å². The van der Waals surface area contributed by atoms with Crippen molar-refractivity contribution in [2.75, 3.05) is 7.05 Å². The van der Waals surface area contributed by atoms with E-state index in [0.717, 1.165) is 16.3 Å². The summed E-state index contributed by atoms with van der Waals surface area (Å²) < 4.78 is 0. The van der Waals surface area contributed by atoms with E-state index in [1.807, 2.05) is 12.1 Å². The van der Waals surface area contributed by atoms with E-state index in [-0.39, 0.29) is 5.91 Å². The molecular formula is C20H15NO. The van der Waals surface area contributed by atoms with Crippen LogP contribution in [0.1, 0.15) is 10.4 Å². The lowest BCUT2D eigenvalue weighted by Gasteiger charge is -2.10. The molecule has 0 atom stereocenters. The Bertz CT molecular complexity index is 1030. The largest absolute Gasteiger partial charge is 0.355 e. The Kier molecular flexibility index (Phi) is 2.83. The number of carbonyl (C=O) groups is 1. The van der Waals surface area contributed by atoms with Crippen LogP contribution in [0.25, 0.3) is 32.3 Å². The summed E-state index contributed by atoms with van der Waals surface area (Å²) in [6, 6.07) is 22.7. The Balaban J connectivity index is 2.16. The molecule has 1 N–H and O–H groups in total. The lowest BCUT2D eigenvalue weighted by molar-refractivity contribution is 0.0965. The van der Waals surface area contributed by atoms with Gasteiger partial charge in [-0.05, 0) is 38.4 Å². The van der Waals surface area contributed by atoms with Gasteiger partial charge in [0.1, 0.15) is 0 Å². The van der Waals surface area contributed by atoms with Crippen molar-refractivity contribution >= 4 is 38.2 Å². The highest BCUT2D eigenvalue weighted by molar-refractivity contribution is 6.20. The molecule has 4 rings (SSSR count). The van der Waals surface area contributed by atoms with Gasteiger partial charge in [0.2, 0.25) is 0 Å². The Morgan fingerprint density at radius 2 is 1.32 bits per heavy atom. The van der Waals surface area contributed by atoms with Gasteiger partial charge in [0, 0.05) is 12.6 Å². The van der Waals surface area contributed by atoms with E-state index < -0.39 is 0 Å². The lowest BCUT2D eigenvalue weighted by Crippen LogP contribution is -2.17. The first-order chi connectivity index (χ1) is 10.8. The van der Waals surface area contributed by atoms with Gasteiger partial charge in [-0.25, -0.2) is 0 Å². The molecule has 4 aromatic carbocycles. The minimum Gasteiger partial charge on any atom is -0.355 e. The number of fused-ring (bicyclic) bond motifs is 5.